The molecule has 0 saturated carbocycles. The number of aromatic nitrogens is 4. The molecule has 66 heavy (non-hydrogen) atoms. The van der Waals surface area contributed by atoms with Gasteiger partial charge in [0.05, 0.1) is 16.7 Å². The molecule has 4 aromatic heterocycles. The number of hydrogen-bond acceptors (Lipinski definition) is 5. The minimum atomic E-state index is -0.173. The molecule has 0 fully saturated rings. The van der Waals surface area contributed by atoms with Crippen LogP contribution >= 0.6 is 0 Å². The molecule has 1 aliphatic carbocycles. The van der Waals surface area contributed by atoms with E-state index in [0.29, 0.717) is 17.5 Å². The van der Waals surface area contributed by atoms with Crippen LogP contribution in [0.25, 0.3) is 128 Å². The monoisotopic (exact) mass is 846 g/mol. The Bertz CT molecular complexity index is 4100. The zero-order chi connectivity index (χ0) is 43.7. The molecule has 9 aromatic carbocycles. The first-order chi connectivity index (χ1) is 32.5. The smallest absolute Gasteiger partial charge is 0.164 e. The predicted molar refractivity (Wildman–Crippen MR) is 268 cm³/mol. The Morgan fingerprint density at radius 2 is 0.955 bits per heavy atom. The summed E-state index contributed by atoms with van der Waals surface area (Å²) in [5.41, 5.74) is 16.4. The Hall–Kier alpha value is -8.61. The van der Waals surface area contributed by atoms with Crippen LogP contribution in [0.15, 0.2) is 203 Å². The van der Waals surface area contributed by atoms with Gasteiger partial charge < -0.3 is 13.4 Å². The van der Waals surface area contributed by atoms with Crippen molar-refractivity contribution in [3.8, 4) is 62.1 Å². The first-order valence-corrected chi connectivity index (χ1v) is 22.4. The van der Waals surface area contributed by atoms with Crippen LogP contribution in [-0.2, 0) is 5.41 Å². The Balaban J connectivity index is 1.01. The van der Waals surface area contributed by atoms with Crippen molar-refractivity contribution in [1.82, 2.24) is 19.5 Å². The second-order valence-electron chi connectivity index (χ2n) is 17.9. The molecule has 1 aliphatic rings. The topological polar surface area (TPSA) is 69.9 Å². The SMILES string of the molecule is CC1(C)c2ccccc2-c2ccc(-c3nc(-c4ccccc4)nc(-c4cccc5oc6ccc(-c7c(-n8c9ccccc9c9ccccc98)ccc8oc9ccccc9c78)cc6c45)n3)cc21. The van der Waals surface area contributed by atoms with Crippen LogP contribution in [0.3, 0.4) is 0 Å². The van der Waals surface area contributed by atoms with Gasteiger partial charge in [0.2, 0.25) is 0 Å². The van der Waals surface area contributed by atoms with Crippen LogP contribution in [0.1, 0.15) is 25.0 Å². The Kier molecular flexibility index (Phi) is 7.64. The largest absolute Gasteiger partial charge is 0.456 e. The zero-order valence-electron chi connectivity index (χ0n) is 36.1. The number of furan rings is 2. The molecule has 0 saturated heterocycles. The summed E-state index contributed by atoms with van der Waals surface area (Å²) >= 11 is 0. The third-order valence-corrected chi connectivity index (χ3v) is 13.9. The number of rotatable bonds is 5. The van der Waals surface area contributed by atoms with Gasteiger partial charge in [-0.1, -0.05) is 153 Å². The summed E-state index contributed by atoms with van der Waals surface area (Å²) in [6, 6.07) is 68.3. The van der Waals surface area contributed by atoms with Gasteiger partial charge in [-0.25, -0.2) is 15.0 Å². The van der Waals surface area contributed by atoms with Crippen LogP contribution in [0, 0.1) is 0 Å². The second kappa shape index (κ2) is 13.7. The lowest BCUT2D eigenvalue weighted by atomic mass is 9.82. The van der Waals surface area contributed by atoms with Gasteiger partial charge in [0, 0.05) is 60.0 Å². The van der Waals surface area contributed by atoms with Crippen molar-refractivity contribution in [2.24, 2.45) is 0 Å². The van der Waals surface area contributed by atoms with Crippen LogP contribution in [-0.4, -0.2) is 19.5 Å². The maximum atomic E-state index is 6.70. The molecule has 0 aliphatic heterocycles. The van der Waals surface area contributed by atoms with Gasteiger partial charge in [-0.2, -0.15) is 0 Å². The normalized spacial score (nSPS) is 13.1. The summed E-state index contributed by atoms with van der Waals surface area (Å²) in [7, 11) is 0. The highest BCUT2D eigenvalue weighted by Crippen LogP contribution is 2.50. The highest BCUT2D eigenvalue weighted by atomic mass is 16.3. The van der Waals surface area contributed by atoms with Crippen molar-refractivity contribution in [3.05, 3.63) is 205 Å². The maximum absolute atomic E-state index is 6.70. The molecule has 13 aromatic rings. The van der Waals surface area contributed by atoms with E-state index >= 15 is 0 Å². The summed E-state index contributed by atoms with van der Waals surface area (Å²) in [6.07, 6.45) is 0. The predicted octanol–water partition coefficient (Wildman–Crippen LogP) is 15.7. The quantitative estimate of drug-likeness (QED) is 0.173. The van der Waals surface area contributed by atoms with Crippen molar-refractivity contribution >= 4 is 65.7 Å². The average molecular weight is 847 g/mol. The number of nitrogens with zero attached hydrogens (tertiary/aromatic N) is 4. The Morgan fingerprint density at radius 1 is 0.379 bits per heavy atom. The molecule has 0 spiro atoms. The molecule has 0 bridgehead atoms. The molecule has 0 radical (unpaired) electrons. The van der Waals surface area contributed by atoms with E-state index in [1.807, 2.05) is 42.5 Å². The van der Waals surface area contributed by atoms with E-state index in [1.165, 1.54) is 33.0 Å². The minimum Gasteiger partial charge on any atom is -0.456 e. The van der Waals surface area contributed by atoms with Crippen LogP contribution in [0.5, 0.6) is 0 Å². The Morgan fingerprint density at radius 3 is 1.76 bits per heavy atom. The van der Waals surface area contributed by atoms with Gasteiger partial charge in [0.25, 0.3) is 0 Å². The molecule has 6 heteroatoms. The maximum Gasteiger partial charge on any atom is 0.164 e. The standard InChI is InChI=1S/C60H38N4O2/c1-60(2)45-22-10-6-17-38(45)39-29-27-37(34-46(39)60)58-61-57(35-15-4-3-5-16-35)62-59(63-58)43-21-14-26-52-55(43)44-33-36(28-31-51(44)66-52)54-49(30-32-53-56(54)42-20-9-13-25-50(42)65-53)64-47-23-11-7-18-40(47)41-19-8-12-24-48(41)64/h3-34H,1-2H3. The highest BCUT2D eigenvalue weighted by molar-refractivity contribution is 6.18. The molecule has 6 nitrogen and oxygen atoms in total. The van der Waals surface area contributed by atoms with Crippen molar-refractivity contribution < 1.29 is 8.83 Å². The van der Waals surface area contributed by atoms with E-state index < -0.39 is 0 Å². The minimum absolute atomic E-state index is 0.173. The second-order valence-corrected chi connectivity index (χ2v) is 17.9. The lowest BCUT2D eigenvalue weighted by molar-refractivity contribution is 0.660. The van der Waals surface area contributed by atoms with Gasteiger partial charge in [-0.3, -0.25) is 0 Å². The summed E-state index contributed by atoms with van der Waals surface area (Å²) in [5.74, 6) is 1.81. The third kappa shape index (κ3) is 5.27. The van der Waals surface area contributed by atoms with Crippen LogP contribution < -0.4 is 0 Å². The van der Waals surface area contributed by atoms with Gasteiger partial charge in [-0.15, -0.1) is 0 Å². The molecule has 0 amide bonds. The number of benzene rings is 9. The molecule has 0 atom stereocenters. The molecule has 310 valence electrons. The molecular weight excluding hydrogens is 809 g/mol. The van der Waals surface area contributed by atoms with Gasteiger partial charge in [-0.05, 0) is 82.4 Å². The zero-order valence-corrected chi connectivity index (χ0v) is 36.1. The van der Waals surface area contributed by atoms with E-state index in [2.05, 4.69) is 170 Å². The van der Waals surface area contributed by atoms with Crippen LogP contribution in [0.4, 0.5) is 0 Å². The van der Waals surface area contributed by atoms with Gasteiger partial charge >= 0.3 is 0 Å². The van der Waals surface area contributed by atoms with E-state index in [9.17, 15) is 0 Å². The number of hydrogen-bond donors (Lipinski definition) is 0. The fraction of sp³-hybridized carbons (Fsp3) is 0.0500. The summed E-state index contributed by atoms with van der Waals surface area (Å²) in [4.78, 5) is 15.8. The van der Waals surface area contributed by atoms with E-state index in [4.69, 9.17) is 23.8 Å². The van der Waals surface area contributed by atoms with Crippen molar-refractivity contribution in [3.63, 3.8) is 0 Å². The fourth-order valence-electron chi connectivity index (χ4n) is 10.8. The average Bonchev–Trinajstić information content (AvgIpc) is 4.10. The fourth-order valence-corrected chi connectivity index (χ4v) is 10.8. The lowest BCUT2D eigenvalue weighted by Gasteiger charge is -2.21. The van der Waals surface area contributed by atoms with Gasteiger partial charge in [0.15, 0.2) is 17.5 Å². The molecule has 0 unspecified atom stereocenters. The first-order valence-electron chi connectivity index (χ1n) is 22.4. The molecule has 4 heterocycles. The summed E-state index contributed by atoms with van der Waals surface area (Å²) < 4.78 is 15.7. The Labute approximate surface area is 379 Å². The number of para-hydroxylation sites is 3. The van der Waals surface area contributed by atoms with Crippen LogP contribution in [0.2, 0.25) is 0 Å². The van der Waals surface area contributed by atoms with E-state index in [0.717, 1.165) is 88.4 Å². The molecule has 14 rings (SSSR count). The lowest BCUT2D eigenvalue weighted by Crippen LogP contribution is -2.15. The van der Waals surface area contributed by atoms with Crippen molar-refractivity contribution in [1.29, 1.82) is 0 Å². The van der Waals surface area contributed by atoms with E-state index in [1.54, 1.807) is 0 Å². The summed E-state index contributed by atoms with van der Waals surface area (Å²) in [5, 5.41) is 6.45. The summed E-state index contributed by atoms with van der Waals surface area (Å²) in [6.45, 7) is 4.60. The van der Waals surface area contributed by atoms with E-state index in [-0.39, 0.29) is 5.41 Å². The first kappa shape index (κ1) is 36.8. The van der Waals surface area contributed by atoms with Crippen molar-refractivity contribution in [2.45, 2.75) is 19.3 Å². The molecular formula is C60H38N4O2. The van der Waals surface area contributed by atoms with Crippen molar-refractivity contribution in [2.75, 3.05) is 0 Å². The third-order valence-electron chi connectivity index (χ3n) is 13.9. The molecule has 0 N–H and O–H groups in total. The number of fused-ring (bicyclic) bond motifs is 12. The highest BCUT2D eigenvalue weighted by Gasteiger charge is 2.35. The van der Waals surface area contributed by atoms with Gasteiger partial charge in [0.1, 0.15) is 22.3 Å².